The van der Waals surface area contributed by atoms with Crippen molar-refractivity contribution in [3.63, 3.8) is 0 Å². The molecule has 14 nitrogen and oxygen atoms in total. The van der Waals surface area contributed by atoms with Crippen molar-refractivity contribution in [3.8, 4) is 29.1 Å². The van der Waals surface area contributed by atoms with E-state index < -0.39 is 29.7 Å². The van der Waals surface area contributed by atoms with Crippen LogP contribution in [0.25, 0.3) is 10.9 Å². The molecule has 7 aliphatic rings. The summed E-state index contributed by atoms with van der Waals surface area (Å²) in [5.74, 6) is 1.60. The Labute approximate surface area is 358 Å². The lowest BCUT2D eigenvalue weighted by Crippen LogP contribution is -2.70. The molecule has 4 bridgehead atoms. The number of fused-ring (bicyclic) bond motifs is 11. The number of benzene rings is 3. The number of carbonyl (C=O) groups is 2. The summed E-state index contributed by atoms with van der Waals surface area (Å²) in [7, 11) is 3.63. The molecule has 1 aromatic heterocycles. The van der Waals surface area contributed by atoms with E-state index in [4.69, 9.17) is 23.7 Å². The first-order chi connectivity index (χ1) is 29.4. The van der Waals surface area contributed by atoms with Crippen LogP contribution in [-0.2, 0) is 32.6 Å². The molecule has 0 aliphatic carbocycles. The zero-order chi connectivity index (χ0) is 42.6. The van der Waals surface area contributed by atoms with Gasteiger partial charge in [-0.25, -0.2) is 9.59 Å². The number of methoxy groups -OCH3 is 1. The fourth-order valence-corrected chi connectivity index (χ4v) is 13.1. The molecule has 318 valence electrons. The first-order valence-corrected chi connectivity index (χ1v) is 21.9. The van der Waals surface area contributed by atoms with Crippen LogP contribution in [0.3, 0.4) is 0 Å². The second-order valence-corrected chi connectivity index (χ2v) is 18.4. The molecular weight excluding hydrogens is 797 g/mol. The first kappa shape index (κ1) is 39.7. The van der Waals surface area contributed by atoms with E-state index in [0.717, 1.165) is 66.7 Å². The Kier molecular flexibility index (Phi) is 9.52. The molecule has 0 saturated carbocycles. The number of phenols is 1. The number of rotatable bonds is 5. The minimum absolute atomic E-state index is 0.0576. The molecule has 8 heterocycles. The van der Waals surface area contributed by atoms with Crippen molar-refractivity contribution in [1.29, 1.82) is 5.26 Å². The van der Waals surface area contributed by atoms with Crippen molar-refractivity contribution in [2.75, 3.05) is 46.5 Å². The number of ether oxygens (including phenoxy) is 5. The second-order valence-electron chi connectivity index (χ2n) is 17.3. The highest BCUT2D eigenvalue weighted by molar-refractivity contribution is 7.99. The molecule has 11 rings (SSSR count). The molecule has 4 N–H and O–H groups in total. The SMILES string of the molecule is C=CCOC(=O)NC[C@H]1Cc2c([nH]c3ccc(C)cc23)[C@@]2(CS[C@@H]3c4c(C)c(C)c5c(c4[C@H](COC2=O)N2[C@@H]3[C@@H]3c4c(cc(C)c(OC)c4O)C[C@H]([C@@H]2C#N)N3C)OCO5)N1. The Morgan fingerprint density at radius 2 is 1.93 bits per heavy atom. The summed E-state index contributed by atoms with van der Waals surface area (Å²) < 4.78 is 30.2. The number of aromatic nitrogens is 1. The summed E-state index contributed by atoms with van der Waals surface area (Å²) in [5, 5.41) is 30.7. The first-order valence-electron chi connectivity index (χ1n) is 20.8. The average molecular weight is 847 g/mol. The van der Waals surface area contributed by atoms with E-state index in [1.807, 2.05) is 26.0 Å². The maximum atomic E-state index is 15.3. The topological polar surface area (TPSA) is 171 Å². The summed E-state index contributed by atoms with van der Waals surface area (Å²) in [5.41, 5.74) is 8.89. The smallest absolute Gasteiger partial charge is 0.407 e. The lowest BCUT2D eigenvalue weighted by Gasteiger charge is -2.62. The highest BCUT2D eigenvalue weighted by atomic mass is 32.2. The van der Waals surface area contributed by atoms with Crippen molar-refractivity contribution in [3.05, 3.63) is 92.7 Å². The van der Waals surface area contributed by atoms with Gasteiger partial charge >= 0.3 is 12.1 Å². The lowest BCUT2D eigenvalue weighted by molar-refractivity contribution is -0.158. The molecule has 0 radical (unpaired) electrons. The van der Waals surface area contributed by atoms with Crippen LogP contribution in [0.4, 0.5) is 4.79 Å². The molecular formula is C46H50N6O8S. The maximum absolute atomic E-state index is 15.3. The third kappa shape index (κ3) is 5.71. The van der Waals surface area contributed by atoms with Crippen molar-refractivity contribution in [1.82, 2.24) is 25.4 Å². The molecule has 8 atom stereocenters. The number of nitrogens with one attached hydrogen (secondary N) is 3. The van der Waals surface area contributed by atoms with Gasteiger partial charge in [0.25, 0.3) is 0 Å². The Morgan fingerprint density at radius 3 is 2.70 bits per heavy atom. The largest absolute Gasteiger partial charge is 0.504 e. The van der Waals surface area contributed by atoms with Crippen molar-refractivity contribution >= 4 is 34.7 Å². The zero-order valence-electron chi connectivity index (χ0n) is 35.1. The zero-order valence-corrected chi connectivity index (χ0v) is 36.0. The highest BCUT2D eigenvalue weighted by Crippen LogP contribution is 2.63. The monoisotopic (exact) mass is 846 g/mol. The van der Waals surface area contributed by atoms with Gasteiger partial charge in [0.05, 0.1) is 31.0 Å². The van der Waals surface area contributed by atoms with Crippen molar-refractivity contribution < 1.29 is 38.4 Å². The molecule has 2 fully saturated rings. The van der Waals surface area contributed by atoms with Gasteiger partial charge in [-0.2, -0.15) is 5.26 Å². The van der Waals surface area contributed by atoms with Crippen molar-refractivity contribution in [2.24, 2.45) is 0 Å². The van der Waals surface area contributed by atoms with Gasteiger partial charge in [-0.15, -0.1) is 11.8 Å². The van der Waals surface area contributed by atoms with E-state index in [2.05, 4.69) is 71.1 Å². The molecule has 15 heteroatoms. The summed E-state index contributed by atoms with van der Waals surface area (Å²) in [6, 6.07) is 8.46. The van der Waals surface area contributed by atoms with E-state index in [1.54, 1.807) is 18.9 Å². The van der Waals surface area contributed by atoms with Crippen LogP contribution in [0.5, 0.6) is 23.0 Å². The number of carbonyl (C=O) groups excluding carboxylic acids is 2. The number of aromatic amines is 1. The summed E-state index contributed by atoms with van der Waals surface area (Å²) in [6.07, 6.45) is 2.00. The number of piperazine rings is 1. The fraction of sp³-hybridized carbons (Fsp3) is 0.457. The van der Waals surface area contributed by atoms with Crippen LogP contribution in [0.15, 0.2) is 36.9 Å². The van der Waals surface area contributed by atoms with Gasteiger partial charge in [0.15, 0.2) is 28.5 Å². The summed E-state index contributed by atoms with van der Waals surface area (Å²) in [6.45, 7) is 12.0. The molecule has 0 unspecified atom stereocenters. The predicted octanol–water partition coefficient (Wildman–Crippen LogP) is 5.73. The van der Waals surface area contributed by atoms with Gasteiger partial charge in [-0.3, -0.25) is 15.1 Å². The van der Waals surface area contributed by atoms with E-state index in [9.17, 15) is 15.2 Å². The summed E-state index contributed by atoms with van der Waals surface area (Å²) in [4.78, 5) is 36.2. The van der Waals surface area contributed by atoms with Crippen molar-refractivity contribution in [2.45, 2.75) is 87.6 Å². The quantitative estimate of drug-likeness (QED) is 0.142. The van der Waals surface area contributed by atoms with E-state index >= 15 is 4.79 Å². The molecule has 1 amide bonds. The third-order valence-electron chi connectivity index (χ3n) is 14.1. The number of esters is 1. The number of nitriles is 1. The van der Waals surface area contributed by atoms with E-state index in [1.165, 1.54) is 6.08 Å². The Balaban J connectivity index is 1.18. The number of alkyl carbamates (subject to hydrolysis) is 1. The normalized spacial score (nSPS) is 28.5. The van der Waals surface area contributed by atoms with Gasteiger partial charge in [0, 0.05) is 57.7 Å². The summed E-state index contributed by atoms with van der Waals surface area (Å²) >= 11 is 1.64. The number of phenolic OH excluding ortho intramolecular Hbond substituents is 1. The molecule has 3 aromatic carbocycles. The average Bonchev–Trinajstić information content (AvgIpc) is 3.88. The number of aromatic hydroxyl groups is 1. The van der Waals surface area contributed by atoms with Crippen LogP contribution >= 0.6 is 11.8 Å². The third-order valence-corrected chi connectivity index (χ3v) is 15.6. The Hall–Kier alpha value is -5.40. The fourth-order valence-electron chi connectivity index (χ4n) is 11.4. The van der Waals surface area contributed by atoms with Crippen LogP contribution in [0, 0.1) is 39.0 Å². The molecule has 7 aliphatic heterocycles. The van der Waals surface area contributed by atoms with Crippen LogP contribution in [0.2, 0.25) is 0 Å². The molecule has 4 aromatic rings. The molecule has 61 heavy (non-hydrogen) atoms. The molecule has 2 saturated heterocycles. The molecule has 1 spiro atoms. The standard InChI is InChI=1S/C46H50N6O8S/c1-8-11-57-45(55)48-17-26-15-28-27-12-21(2)9-10-29(27)49-43(28)46(50-26)19-61-42-33-23(4)24(5)40-41(60-20-59-40)35(33)32(18-58-44(46)54)52-31(16-47)30-14-25-13-22(3)39(56-7)38(53)34(25)36(37(42)52)51(30)6/h8-10,12-13,26,30-32,36-37,42,49-50,53H,1,11,14-15,17-20H2,2-7H3,(H,48,55)/t26-,30-,31+,32+,36+,37-,42-,46-/m1/s1. The number of nitrogens with zero attached hydrogens (tertiary/aromatic N) is 3. The van der Waals surface area contributed by atoms with Crippen LogP contribution in [0.1, 0.15) is 73.1 Å². The maximum Gasteiger partial charge on any atom is 0.407 e. The number of hydrogen-bond donors (Lipinski definition) is 4. The Morgan fingerprint density at radius 1 is 1.13 bits per heavy atom. The van der Waals surface area contributed by atoms with Gasteiger partial charge in [-0.1, -0.05) is 30.4 Å². The number of hydrogen-bond acceptors (Lipinski definition) is 13. The number of amides is 1. The second kappa shape index (κ2) is 14.6. The van der Waals surface area contributed by atoms with E-state index in [-0.39, 0.29) is 67.5 Å². The lowest BCUT2D eigenvalue weighted by atomic mass is 9.71. The van der Waals surface area contributed by atoms with Crippen LogP contribution < -0.4 is 24.8 Å². The van der Waals surface area contributed by atoms with Gasteiger partial charge < -0.3 is 39.1 Å². The predicted molar refractivity (Wildman–Crippen MR) is 228 cm³/mol. The van der Waals surface area contributed by atoms with Gasteiger partial charge in [0.1, 0.15) is 19.3 Å². The number of H-pyrrole nitrogens is 1. The minimum Gasteiger partial charge on any atom is -0.504 e. The van der Waals surface area contributed by atoms with Gasteiger partial charge in [0.2, 0.25) is 6.79 Å². The van der Waals surface area contributed by atoms with Gasteiger partial charge in [-0.05, 0) is 93.1 Å². The minimum atomic E-state index is -1.38. The highest BCUT2D eigenvalue weighted by Gasteiger charge is 2.61. The number of thioether (sulfide) groups is 1. The number of likely N-dealkylation sites (N-methyl/N-ethyl adjacent to an activating group) is 1. The van der Waals surface area contributed by atoms with Crippen LogP contribution in [-0.4, -0.2) is 103 Å². The number of aryl methyl sites for hydroxylation is 2. The van der Waals surface area contributed by atoms with E-state index in [0.29, 0.717) is 30.1 Å². The Bertz CT molecular complexity index is 2590.